The van der Waals surface area contributed by atoms with Gasteiger partial charge in [-0.25, -0.2) is 4.79 Å². The monoisotopic (exact) mass is 475 g/mol. The van der Waals surface area contributed by atoms with Gasteiger partial charge in [0.1, 0.15) is 0 Å². The van der Waals surface area contributed by atoms with Crippen LogP contribution in [0.25, 0.3) is 0 Å². The van der Waals surface area contributed by atoms with Crippen LogP contribution in [0.15, 0.2) is 71.1 Å². The molecule has 2 aromatic rings. The second-order valence-electron chi connectivity index (χ2n) is 8.65. The summed E-state index contributed by atoms with van der Waals surface area (Å²) in [6.07, 6.45) is 0.996. The van der Waals surface area contributed by atoms with E-state index in [0.717, 1.165) is 11.3 Å². The first-order valence-corrected chi connectivity index (χ1v) is 11.7. The Morgan fingerprint density at radius 2 is 1.77 bits per heavy atom. The second-order valence-corrected chi connectivity index (χ2v) is 8.65. The van der Waals surface area contributed by atoms with E-state index in [1.807, 2.05) is 44.2 Å². The van der Waals surface area contributed by atoms with Crippen LogP contribution in [0.5, 0.6) is 11.5 Å². The summed E-state index contributed by atoms with van der Waals surface area (Å²) in [5.41, 5.74) is 4.18. The van der Waals surface area contributed by atoms with Crippen molar-refractivity contribution in [1.29, 1.82) is 0 Å². The van der Waals surface area contributed by atoms with E-state index < -0.39 is 17.9 Å². The number of carbonyl (C=O) groups is 3. The van der Waals surface area contributed by atoms with Crippen molar-refractivity contribution >= 4 is 17.7 Å². The molecule has 0 fully saturated rings. The minimum Gasteiger partial charge on any atom is -0.490 e. The smallest absolute Gasteiger partial charge is 0.336 e. The number of rotatable bonds is 6. The zero-order valence-corrected chi connectivity index (χ0v) is 20.3. The zero-order chi connectivity index (χ0) is 25.1. The predicted octanol–water partition coefficient (Wildman–Crippen LogP) is 4.55. The minimum atomic E-state index is -0.631. The number of benzene rings is 2. The van der Waals surface area contributed by atoms with E-state index in [1.54, 1.807) is 18.2 Å². The topological polar surface area (TPSA) is 90.9 Å². The molecule has 0 radical (unpaired) electrons. The van der Waals surface area contributed by atoms with Gasteiger partial charge in [-0.1, -0.05) is 36.4 Å². The first kappa shape index (κ1) is 24.3. The number of allylic oxidation sites excluding steroid dienone is 3. The van der Waals surface area contributed by atoms with Gasteiger partial charge in [-0.05, 0) is 49.4 Å². The maximum absolute atomic E-state index is 13.6. The molecule has 1 heterocycles. The van der Waals surface area contributed by atoms with Crippen molar-refractivity contribution in [3.8, 4) is 11.5 Å². The lowest BCUT2D eigenvalue weighted by molar-refractivity contribution is -0.136. The number of ketones is 1. The van der Waals surface area contributed by atoms with Gasteiger partial charge in [0.2, 0.25) is 0 Å². The van der Waals surface area contributed by atoms with E-state index in [2.05, 4.69) is 5.32 Å². The van der Waals surface area contributed by atoms with Crippen LogP contribution in [-0.4, -0.2) is 31.4 Å². The third kappa shape index (κ3) is 4.85. The maximum atomic E-state index is 13.6. The summed E-state index contributed by atoms with van der Waals surface area (Å²) >= 11 is 0. The maximum Gasteiger partial charge on any atom is 0.336 e. The van der Waals surface area contributed by atoms with Crippen molar-refractivity contribution in [2.45, 2.75) is 45.4 Å². The molecule has 182 valence electrons. The van der Waals surface area contributed by atoms with Crippen LogP contribution in [0.3, 0.4) is 0 Å². The molecular weight excluding hydrogens is 446 g/mol. The number of Topliss-reactive ketones (excluding diaryl/α,β-unsaturated/α-hetero) is 1. The van der Waals surface area contributed by atoms with Crippen molar-refractivity contribution in [3.05, 3.63) is 82.2 Å². The molecule has 1 N–H and O–H groups in total. The van der Waals surface area contributed by atoms with Crippen molar-refractivity contribution in [1.82, 2.24) is 5.32 Å². The Balaban J connectivity index is 1.83. The van der Waals surface area contributed by atoms with Gasteiger partial charge >= 0.3 is 11.9 Å². The molecule has 1 aliphatic heterocycles. The Labute approximate surface area is 204 Å². The lowest BCUT2D eigenvalue weighted by atomic mass is 9.71. The summed E-state index contributed by atoms with van der Waals surface area (Å²) in [5, 5.41) is 3.33. The number of hydrogen-bond donors (Lipinski definition) is 1. The summed E-state index contributed by atoms with van der Waals surface area (Å²) in [7, 11) is 1.33. The summed E-state index contributed by atoms with van der Waals surface area (Å²) in [6, 6.07) is 15.1. The molecule has 0 unspecified atom stereocenters. The minimum absolute atomic E-state index is 0.0199. The van der Waals surface area contributed by atoms with Crippen LogP contribution in [0, 0.1) is 0 Å². The Morgan fingerprint density at radius 1 is 1.03 bits per heavy atom. The predicted molar refractivity (Wildman–Crippen MR) is 130 cm³/mol. The number of dihydropyridines is 1. The first-order valence-electron chi connectivity index (χ1n) is 11.7. The molecule has 0 amide bonds. The number of hydrogen-bond acceptors (Lipinski definition) is 7. The van der Waals surface area contributed by atoms with E-state index in [1.165, 1.54) is 14.0 Å². The molecule has 1 aliphatic carbocycles. The van der Waals surface area contributed by atoms with Crippen molar-refractivity contribution in [3.63, 3.8) is 0 Å². The highest BCUT2D eigenvalue weighted by Crippen LogP contribution is 2.47. The fourth-order valence-electron chi connectivity index (χ4n) is 4.93. The molecule has 4 rings (SSSR count). The molecule has 0 bridgehead atoms. The van der Waals surface area contributed by atoms with E-state index >= 15 is 0 Å². The summed E-state index contributed by atoms with van der Waals surface area (Å²) in [5.74, 6) is -0.924. The molecule has 2 aliphatic rings. The van der Waals surface area contributed by atoms with Crippen LogP contribution < -0.4 is 14.8 Å². The van der Waals surface area contributed by atoms with E-state index in [0.29, 0.717) is 47.6 Å². The standard InChI is InChI=1S/C28H29NO6/c1-5-34-24-15-19(11-12-23(24)35-17(3)30)26-25(28(32)33-4)16(2)29-21-13-20(14-22(31)27(21)26)18-9-7-6-8-10-18/h6-12,15,20,26,29H,5,13-14H2,1-4H3/t20-,26-/m0/s1. The lowest BCUT2D eigenvalue weighted by Crippen LogP contribution is -2.36. The van der Waals surface area contributed by atoms with Crippen LogP contribution in [0.2, 0.25) is 0 Å². The van der Waals surface area contributed by atoms with E-state index in [9.17, 15) is 14.4 Å². The highest BCUT2D eigenvalue weighted by atomic mass is 16.6. The van der Waals surface area contributed by atoms with Crippen LogP contribution >= 0.6 is 0 Å². The van der Waals surface area contributed by atoms with E-state index in [4.69, 9.17) is 14.2 Å². The van der Waals surface area contributed by atoms with Gasteiger partial charge in [0.05, 0.1) is 19.3 Å². The summed E-state index contributed by atoms with van der Waals surface area (Å²) in [4.78, 5) is 38.1. The fourth-order valence-corrected chi connectivity index (χ4v) is 4.93. The summed E-state index contributed by atoms with van der Waals surface area (Å²) in [6.45, 7) is 5.32. The lowest BCUT2D eigenvalue weighted by Gasteiger charge is -2.36. The van der Waals surface area contributed by atoms with Crippen molar-refractivity contribution in [2.75, 3.05) is 13.7 Å². The Hall–Kier alpha value is -3.87. The van der Waals surface area contributed by atoms with Gasteiger partial charge in [0.25, 0.3) is 0 Å². The average molecular weight is 476 g/mol. The Kier molecular flexibility index (Phi) is 7.05. The van der Waals surface area contributed by atoms with Gasteiger partial charge in [-0.3, -0.25) is 9.59 Å². The van der Waals surface area contributed by atoms with Gasteiger partial charge < -0.3 is 19.5 Å². The largest absolute Gasteiger partial charge is 0.490 e. The molecule has 0 aromatic heterocycles. The van der Waals surface area contributed by atoms with Gasteiger partial charge in [-0.15, -0.1) is 0 Å². The van der Waals surface area contributed by atoms with Gasteiger partial charge in [0.15, 0.2) is 17.3 Å². The number of ether oxygens (including phenoxy) is 3. The Morgan fingerprint density at radius 3 is 2.43 bits per heavy atom. The SMILES string of the molecule is CCOc1cc([C@H]2C(C(=O)OC)=C(C)NC3=C2C(=O)C[C@@H](c2ccccc2)C3)ccc1OC(C)=O. The zero-order valence-electron chi connectivity index (χ0n) is 20.3. The number of methoxy groups -OCH3 is 1. The van der Waals surface area contributed by atoms with Crippen LogP contribution in [0.4, 0.5) is 0 Å². The molecule has 2 aromatic carbocycles. The molecule has 7 heteroatoms. The van der Waals surface area contributed by atoms with E-state index in [-0.39, 0.29) is 17.5 Å². The number of nitrogens with one attached hydrogen (secondary N) is 1. The van der Waals surface area contributed by atoms with Gasteiger partial charge in [-0.2, -0.15) is 0 Å². The van der Waals surface area contributed by atoms with Crippen LogP contribution in [-0.2, 0) is 19.1 Å². The normalized spacial score (nSPS) is 19.6. The third-order valence-electron chi connectivity index (χ3n) is 6.36. The molecule has 0 saturated carbocycles. The van der Waals surface area contributed by atoms with Crippen molar-refractivity contribution in [2.24, 2.45) is 0 Å². The third-order valence-corrected chi connectivity index (χ3v) is 6.36. The average Bonchev–Trinajstić information content (AvgIpc) is 2.84. The quantitative estimate of drug-likeness (QED) is 0.484. The number of esters is 2. The second kappa shape index (κ2) is 10.2. The highest BCUT2D eigenvalue weighted by molar-refractivity contribution is 6.04. The first-order chi connectivity index (χ1) is 16.8. The highest BCUT2D eigenvalue weighted by Gasteiger charge is 2.41. The Bertz CT molecular complexity index is 1230. The number of carbonyl (C=O) groups excluding carboxylic acids is 3. The molecule has 0 saturated heterocycles. The van der Waals surface area contributed by atoms with Crippen molar-refractivity contribution < 1.29 is 28.6 Å². The van der Waals surface area contributed by atoms with Gasteiger partial charge in [0, 0.05) is 36.2 Å². The molecule has 35 heavy (non-hydrogen) atoms. The molecular formula is C28H29NO6. The van der Waals surface area contributed by atoms with Crippen LogP contribution in [0.1, 0.15) is 56.6 Å². The fraction of sp³-hybridized carbons (Fsp3) is 0.321. The molecule has 7 nitrogen and oxygen atoms in total. The summed E-state index contributed by atoms with van der Waals surface area (Å²) < 4.78 is 16.1. The molecule has 0 spiro atoms. The molecule has 2 atom stereocenters.